The molecule has 0 aromatic rings. The van der Waals surface area contributed by atoms with E-state index >= 15 is 0 Å². The standard InChI is InChI=1S/C7H10/c1-5-4-7(5)6-2-3-6/h6-7H,1-4H2. The molecule has 0 N–H and O–H groups in total. The van der Waals surface area contributed by atoms with Crippen molar-refractivity contribution in [3.8, 4) is 0 Å². The van der Waals surface area contributed by atoms with Gasteiger partial charge in [0.05, 0.1) is 0 Å². The molecule has 0 aliphatic heterocycles. The normalized spacial score (nSPS) is 38.9. The van der Waals surface area contributed by atoms with E-state index in [-0.39, 0.29) is 0 Å². The first-order valence-electron chi connectivity index (χ1n) is 3.05. The first-order chi connectivity index (χ1) is 3.38. The molecule has 1 atom stereocenters. The van der Waals surface area contributed by atoms with E-state index in [1.165, 1.54) is 24.8 Å². The fourth-order valence-corrected chi connectivity index (χ4v) is 1.22. The van der Waals surface area contributed by atoms with Crippen LogP contribution >= 0.6 is 0 Å². The van der Waals surface area contributed by atoms with Crippen LogP contribution in [0.5, 0.6) is 0 Å². The maximum absolute atomic E-state index is 3.91. The Balaban J connectivity index is 1.99. The zero-order chi connectivity index (χ0) is 4.85. The van der Waals surface area contributed by atoms with Crippen molar-refractivity contribution in [1.29, 1.82) is 0 Å². The maximum Gasteiger partial charge on any atom is -0.0140 e. The van der Waals surface area contributed by atoms with Gasteiger partial charge in [-0.15, -0.1) is 0 Å². The van der Waals surface area contributed by atoms with Gasteiger partial charge in [0.15, 0.2) is 0 Å². The predicted octanol–water partition coefficient (Wildman–Crippen LogP) is 1.97. The number of hydrogen-bond donors (Lipinski definition) is 0. The smallest absolute Gasteiger partial charge is 0.0140 e. The van der Waals surface area contributed by atoms with E-state index in [4.69, 9.17) is 0 Å². The highest BCUT2D eigenvalue weighted by atomic mass is 14.5. The Morgan fingerprint density at radius 2 is 2.00 bits per heavy atom. The van der Waals surface area contributed by atoms with Gasteiger partial charge in [-0.3, -0.25) is 0 Å². The summed E-state index contributed by atoms with van der Waals surface area (Å²) >= 11 is 0. The van der Waals surface area contributed by atoms with E-state index in [2.05, 4.69) is 6.58 Å². The van der Waals surface area contributed by atoms with E-state index in [0.29, 0.717) is 0 Å². The molecule has 0 nitrogen and oxygen atoms in total. The minimum absolute atomic E-state index is 0.986. The minimum Gasteiger partial charge on any atom is -0.0995 e. The van der Waals surface area contributed by atoms with Crippen LogP contribution < -0.4 is 0 Å². The highest BCUT2D eigenvalue weighted by Gasteiger charge is 2.41. The molecule has 0 amide bonds. The molecule has 7 heavy (non-hydrogen) atoms. The maximum atomic E-state index is 3.91. The summed E-state index contributed by atoms with van der Waals surface area (Å²) in [4.78, 5) is 0. The molecule has 0 saturated heterocycles. The SMILES string of the molecule is C=C1CC1C1CC1. The van der Waals surface area contributed by atoms with Crippen LogP contribution in [0, 0.1) is 11.8 Å². The third-order valence-electron chi connectivity index (χ3n) is 2.04. The predicted molar refractivity (Wildman–Crippen MR) is 30.0 cm³/mol. The van der Waals surface area contributed by atoms with Gasteiger partial charge >= 0.3 is 0 Å². The van der Waals surface area contributed by atoms with Crippen molar-refractivity contribution in [2.45, 2.75) is 19.3 Å². The lowest BCUT2D eigenvalue weighted by atomic mass is 10.3. The molecular formula is C7H10. The third-order valence-corrected chi connectivity index (χ3v) is 2.04. The van der Waals surface area contributed by atoms with Gasteiger partial charge in [-0.1, -0.05) is 12.2 Å². The van der Waals surface area contributed by atoms with Crippen molar-refractivity contribution < 1.29 is 0 Å². The molecule has 0 heterocycles. The van der Waals surface area contributed by atoms with Gasteiger partial charge in [-0.05, 0) is 31.1 Å². The van der Waals surface area contributed by atoms with Crippen LogP contribution in [-0.4, -0.2) is 0 Å². The number of allylic oxidation sites excluding steroid dienone is 1. The monoisotopic (exact) mass is 94.1 g/mol. The molecule has 0 spiro atoms. The van der Waals surface area contributed by atoms with Gasteiger partial charge in [0.1, 0.15) is 0 Å². The van der Waals surface area contributed by atoms with E-state index < -0.39 is 0 Å². The summed E-state index contributed by atoms with van der Waals surface area (Å²) in [5, 5.41) is 0. The van der Waals surface area contributed by atoms with Crippen LogP contribution in [0.2, 0.25) is 0 Å². The Morgan fingerprint density at radius 3 is 2.14 bits per heavy atom. The van der Waals surface area contributed by atoms with Crippen molar-refractivity contribution >= 4 is 0 Å². The lowest BCUT2D eigenvalue weighted by molar-refractivity contribution is 0.741. The van der Waals surface area contributed by atoms with Crippen molar-refractivity contribution in [3.63, 3.8) is 0 Å². The van der Waals surface area contributed by atoms with E-state index in [0.717, 1.165) is 11.8 Å². The second kappa shape index (κ2) is 0.936. The Morgan fingerprint density at radius 1 is 1.43 bits per heavy atom. The second-order valence-electron chi connectivity index (χ2n) is 2.81. The van der Waals surface area contributed by atoms with Gasteiger partial charge in [-0.2, -0.15) is 0 Å². The molecule has 0 aromatic heterocycles. The summed E-state index contributed by atoms with van der Waals surface area (Å²) in [5.74, 6) is 2.08. The fourth-order valence-electron chi connectivity index (χ4n) is 1.22. The average Bonchev–Trinajstić information content (AvgIpc) is 2.23. The third kappa shape index (κ3) is 0.495. The molecule has 0 radical (unpaired) electrons. The number of hydrogen-bond acceptors (Lipinski definition) is 0. The Hall–Kier alpha value is -0.260. The Bertz CT molecular complexity index is 109. The number of rotatable bonds is 1. The molecule has 38 valence electrons. The summed E-state index contributed by atoms with van der Waals surface area (Å²) in [6.07, 6.45) is 4.33. The van der Waals surface area contributed by atoms with Crippen molar-refractivity contribution in [1.82, 2.24) is 0 Å². The van der Waals surface area contributed by atoms with Gasteiger partial charge in [0, 0.05) is 0 Å². The molecule has 2 rings (SSSR count). The van der Waals surface area contributed by atoms with Crippen LogP contribution in [0.15, 0.2) is 12.2 Å². The topological polar surface area (TPSA) is 0 Å². The summed E-state index contributed by atoms with van der Waals surface area (Å²) in [6, 6.07) is 0. The van der Waals surface area contributed by atoms with Crippen LogP contribution in [0.3, 0.4) is 0 Å². The molecule has 0 aromatic carbocycles. The zero-order valence-electron chi connectivity index (χ0n) is 4.48. The average molecular weight is 94.2 g/mol. The van der Waals surface area contributed by atoms with Crippen molar-refractivity contribution in [2.24, 2.45) is 11.8 Å². The zero-order valence-corrected chi connectivity index (χ0v) is 4.48. The largest absolute Gasteiger partial charge is 0.0995 e. The first-order valence-corrected chi connectivity index (χ1v) is 3.05. The summed E-state index contributed by atoms with van der Waals surface area (Å²) in [6.45, 7) is 3.91. The summed E-state index contributed by atoms with van der Waals surface area (Å²) in [7, 11) is 0. The molecule has 0 bridgehead atoms. The van der Waals surface area contributed by atoms with Crippen LogP contribution in [0.25, 0.3) is 0 Å². The van der Waals surface area contributed by atoms with Gasteiger partial charge in [0.25, 0.3) is 0 Å². The quantitative estimate of drug-likeness (QED) is 0.436. The molecule has 1 unspecified atom stereocenters. The highest BCUT2D eigenvalue weighted by Crippen LogP contribution is 2.52. The van der Waals surface area contributed by atoms with Crippen LogP contribution in [0.1, 0.15) is 19.3 Å². The van der Waals surface area contributed by atoms with Crippen LogP contribution in [-0.2, 0) is 0 Å². The molecule has 2 aliphatic carbocycles. The van der Waals surface area contributed by atoms with Gasteiger partial charge in [0.2, 0.25) is 0 Å². The molecule has 0 heteroatoms. The fraction of sp³-hybridized carbons (Fsp3) is 0.714. The Kier molecular flexibility index (Phi) is 0.495. The summed E-state index contributed by atoms with van der Waals surface area (Å²) < 4.78 is 0. The minimum atomic E-state index is 0.986. The van der Waals surface area contributed by atoms with Crippen molar-refractivity contribution in [3.05, 3.63) is 12.2 Å². The van der Waals surface area contributed by atoms with Gasteiger partial charge in [-0.25, -0.2) is 0 Å². The lowest BCUT2D eigenvalue weighted by Gasteiger charge is -1.78. The molecular weight excluding hydrogens is 84.1 g/mol. The molecule has 2 saturated carbocycles. The Labute approximate surface area is 44.2 Å². The van der Waals surface area contributed by atoms with Crippen molar-refractivity contribution in [2.75, 3.05) is 0 Å². The van der Waals surface area contributed by atoms with E-state index in [1.54, 1.807) is 0 Å². The lowest BCUT2D eigenvalue weighted by Crippen LogP contribution is -1.72. The molecule has 2 fully saturated rings. The van der Waals surface area contributed by atoms with Crippen LogP contribution in [0.4, 0.5) is 0 Å². The van der Waals surface area contributed by atoms with E-state index in [9.17, 15) is 0 Å². The van der Waals surface area contributed by atoms with E-state index in [1.807, 2.05) is 0 Å². The first kappa shape index (κ1) is 3.71. The second-order valence-corrected chi connectivity index (χ2v) is 2.81. The molecule has 2 aliphatic rings. The van der Waals surface area contributed by atoms with Gasteiger partial charge < -0.3 is 0 Å². The highest BCUT2D eigenvalue weighted by molar-refractivity contribution is 5.22. The summed E-state index contributed by atoms with van der Waals surface area (Å²) in [5.41, 5.74) is 1.52.